The molecule has 3 aromatic carbocycles. The number of fused-ring (bicyclic) bond motifs is 2. The number of carbonyl (C=O) groups is 2. The van der Waals surface area contributed by atoms with E-state index >= 15 is 0 Å². The SMILES string of the molecule is COCCCn1c(C2CCCN(C(=O)C[C@H](N)Cc3ccc(-c4ccc5c(c4)CC(=O)N5)cc3)C2)cc2c(F)cccc21. The summed E-state index contributed by atoms with van der Waals surface area (Å²) in [5.74, 6) is 0.0305. The first kappa shape index (κ1) is 29.1. The Hall–Kier alpha value is -4.01. The predicted octanol–water partition coefficient (Wildman–Crippen LogP) is 5.64. The van der Waals surface area contributed by atoms with Crippen LogP contribution in [0.25, 0.3) is 22.0 Å². The summed E-state index contributed by atoms with van der Waals surface area (Å²) in [6.07, 6.45) is 4.01. The Morgan fingerprint density at radius 1 is 1.12 bits per heavy atom. The molecule has 0 spiro atoms. The lowest BCUT2D eigenvalue weighted by atomic mass is 9.93. The first-order chi connectivity index (χ1) is 20.9. The summed E-state index contributed by atoms with van der Waals surface area (Å²) >= 11 is 0. The molecule has 3 N–H and O–H groups in total. The normalized spacial score (nSPS) is 17.2. The highest BCUT2D eigenvalue weighted by atomic mass is 19.1. The van der Waals surface area contributed by atoms with Crippen molar-refractivity contribution in [2.75, 3.05) is 32.1 Å². The number of benzene rings is 3. The molecule has 224 valence electrons. The van der Waals surface area contributed by atoms with Crippen LogP contribution in [0.15, 0.2) is 66.7 Å². The van der Waals surface area contributed by atoms with E-state index in [2.05, 4.69) is 40.2 Å². The standard InChI is InChI=1S/C35H39FN4O3/c1-43-16-4-15-40-32-7-2-6-30(36)29(32)21-33(40)26-5-3-14-39(22-26)35(42)20-28(37)17-23-8-10-24(11-9-23)25-12-13-31-27(18-25)19-34(41)38-31/h2,6-13,18,21,26,28H,3-5,14-17,19-20,22,37H2,1H3,(H,38,41)/t26?,28-/m1/s1. The van der Waals surface area contributed by atoms with Crippen molar-refractivity contribution in [3.63, 3.8) is 0 Å². The fraction of sp³-hybridized carbons (Fsp3) is 0.371. The van der Waals surface area contributed by atoms with Crippen molar-refractivity contribution in [2.24, 2.45) is 5.73 Å². The maximum absolute atomic E-state index is 14.7. The second-order valence-electron chi connectivity index (χ2n) is 11.9. The molecule has 2 aliphatic heterocycles. The molecule has 2 atom stereocenters. The monoisotopic (exact) mass is 582 g/mol. The zero-order chi connectivity index (χ0) is 29.9. The molecule has 43 heavy (non-hydrogen) atoms. The smallest absolute Gasteiger partial charge is 0.228 e. The van der Waals surface area contributed by atoms with Gasteiger partial charge in [-0.2, -0.15) is 0 Å². The molecule has 2 amide bonds. The van der Waals surface area contributed by atoms with Gasteiger partial charge in [0.25, 0.3) is 0 Å². The quantitative estimate of drug-likeness (QED) is 0.237. The molecule has 0 aliphatic carbocycles. The molecule has 1 aromatic heterocycles. The fourth-order valence-corrected chi connectivity index (χ4v) is 6.64. The third-order valence-corrected chi connectivity index (χ3v) is 8.80. The number of methoxy groups -OCH3 is 1. The van der Waals surface area contributed by atoms with E-state index in [0.29, 0.717) is 31.4 Å². The van der Waals surface area contributed by atoms with Gasteiger partial charge in [-0.05, 0) is 78.3 Å². The highest BCUT2D eigenvalue weighted by molar-refractivity contribution is 5.99. The molecule has 0 bridgehead atoms. The van der Waals surface area contributed by atoms with Crippen molar-refractivity contribution in [3.05, 3.63) is 89.4 Å². The molecule has 6 rings (SSSR count). The van der Waals surface area contributed by atoms with Crippen molar-refractivity contribution in [2.45, 2.75) is 57.0 Å². The average Bonchev–Trinajstić information content (AvgIpc) is 3.57. The summed E-state index contributed by atoms with van der Waals surface area (Å²) in [6, 6.07) is 21.2. The van der Waals surface area contributed by atoms with E-state index in [1.165, 1.54) is 6.07 Å². The van der Waals surface area contributed by atoms with Gasteiger partial charge in [0, 0.05) is 68.5 Å². The molecule has 1 fully saturated rings. The summed E-state index contributed by atoms with van der Waals surface area (Å²) in [5.41, 5.74) is 13.6. The number of nitrogens with zero attached hydrogens (tertiary/aromatic N) is 2. The predicted molar refractivity (Wildman–Crippen MR) is 167 cm³/mol. The van der Waals surface area contributed by atoms with Crippen LogP contribution in [0.2, 0.25) is 0 Å². The summed E-state index contributed by atoms with van der Waals surface area (Å²) in [5, 5.41) is 3.51. The molecule has 2 aliphatic rings. The Balaban J connectivity index is 1.08. The number of anilines is 1. The van der Waals surface area contributed by atoms with Crippen LogP contribution >= 0.6 is 0 Å². The van der Waals surface area contributed by atoms with Gasteiger partial charge >= 0.3 is 0 Å². The molecule has 4 aromatic rings. The van der Waals surface area contributed by atoms with E-state index in [1.54, 1.807) is 13.2 Å². The van der Waals surface area contributed by atoms with Crippen molar-refractivity contribution < 1.29 is 18.7 Å². The van der Waals surface area contributed by atoms with Crippen molar-refractivity contribution in [3.8, 4) is 11.1 Å². The van der Waals surface area contributed by atoms with Crippen LogP contribution in [0.4, 0.5) is 10.1 Å². The van der Waals surface area contributed by atoms with Crippen LogP contribution in [0.1, 0.15) is 48.4 Å². The van der Waals surface area contributed by atoms with E-state index in [0.717, 1.165) is 71.5 Å². The number of carbonyl (C=O) groups excluding carboxylic acids is 2. The first-order valence-corrected chi connectivity index (χ1v) is 15.2. The highest BCUT2D eigenvalue weighted by Crippen LogP contribution is 2.34. The van der Waals surface area contributed by atoms with Gasteiger partial charge in [-0.1, -0.05) is 36.4 Å². The highest BCUT2D eigenvalue weighted by Gasteiger charge is 2.28. The van der Waals surface area contributed by atoms with Gasteiger partial charge in [-0.25, -0.2) is 4.39 Å². The molecule has 3 heterocycles. The number of aromatic nitrogens is 1. The number of piperidine rings is 1. The molecular formula is C35H39FN4O3. The summed E-state index contributed by atoms with van der Waals surface area (Å²) in [6.45, 7) is 2.72. The third kappa shape index (κ3) is 6.36. The van der Waals surface area contributed by atoms with E-state index in [4.69, 9.17) is 10.5 Å². The number of likely N-dealkylation sites (tertiary alicyclic amines) is 1. The van der Waals surface area contributed by atoms with Crippen LogP contribution < -0.4 is 11.1 Å². The van der Waals surface area contributed by atoms with Gasteiger partial charge in [0.1, 0.15) is 5.82 Å². The molecule has 7 nitrogen and oxygen atoms in total. The zero-order valence-electron chi connectivity index (χ0n) is 24.7. The van der Waals surface area contributed by atoms with Crippen LogP contribution in [0, 0.1) is 5.82 Å². The molecule has 8 heteroatoms. The minimum absolute atomic E-state index is 0.0302. The van der Waals surface area contributed by atoms with Crippen molar-refractivity contribution in [1.29, 1.82) is 0 Å². The molecule has 1 saturated heterocycles. The number of nitrogens with one attached hydrogen (secondary N) is 1. The zero-order valence-corrected chi connectivity index (χ0v) is 24.7. The van der Waals surface area contributed by atoms with E-state index in [9.17, 15) is 14.0 Å². The van der Waals surface area contributed by atoms with E-state index in [1.807, 2.05) is 29.2 Å². The number of hydrogen-bond acceptors (Lipinski definition) is 4. The van der Waals surface area contributed by atoms with Crippen LogP contribution in [-0.2, 0) is 33.7 Å². The Labute approximate surface area is 251 Å². The Morgan fingerprint density at radius 2 is 1.93 bits per heavy atom. The maximum Gasteiger partial charge on any atom is 0.228 e. The molecular weight excluding hydrogens is 543 g/mol. The van der Waals surface area contributed by atoms with Gasteiger partial charge < -0.3 is 25.3 Å². The van der Waals surface area contributed by atoms with Crippen molar-refractivity contribution in [1.82, 2.24) is 9.47 Å². The average molecular weight is 583 g/mol. The largest absolute Gasteiger partial charge is 0.385 e. The molecule has 1 unspecified atom stereocenters. The Morgan fingerprint density at radius 3 is 2.74 bits per heavy atom. The van der Waals surface area contributed by atoms with Crippen LogP contribution in [0.3, 0.4) is 0 Å². The Kier molecular flexibility index (Phi) is 8.58. The molecule has 0 saturated carbocycles. The maximum atomic E-state index is 14.7. The van der Waals surface area contributed by atoms with Crippen LogP contribution in [-0.4, -0.2) is 54.1 Å². The number of rotatable bonds is 10. The molecule has 0 radical (unpaired) electrons. The topological polar surface area (TPSA) is 89.6 Å². The van der Waals surface area contributed by atoms with Crippen molar-refractivity contribution >= 4 is 28.4 Å². The lowest BCUT2D eigenvalue weighted by molar-refractivity contribution is -0.132. The van der Waals surface area contributed by atoms with Gasteiger partial charge in [-0.15, -0.1) is 0 Å². The van der Waals surface area contributed by atoms with Crippen LogP contribution in [0.5, 0.6) is 0 Å². The van der Waals surface area contributed by atoms with Gasteiger partial charge in [0.2, 0.25) is 11.8 Å². The first-order valence-electron chi connectivity index (χ1n) is 15.2. The lowest BCUT2D eigenvalue weighted by Gasteiger charge is -2.34. The number of halogens is 1. The van der Waals surface area contributed by atoms with Gasteiger partial charge in [0.05, 0.1) is 11.9 Å². The Bertz CT molecular complexity index is 1630. The second-order valence-corrected chi connectivity index (χ2v) is 11.9. The van der Waals surface area contributed by atoms with Gasteiger partial charge in [0.15, 0.2) is 0 Å². The third-order valence-electron chi connectivity index (χ3n) is 8.80. The lowest BCUT2D eigenvalue weighted by Crippen LogP contribution is -2.42. The second kappa shape index (κ2) is 12.7. The fourth-order valence-electron chi connectivity index (χ4n) is 6.64. The number of amides is 2. The summed E-state index contributed by atoms with van der Waals surface area (Å²) in [7, 11) is 1.69. The number of hydrogen-bond donors (Lipinski definition) is 2. The number of nitrogens with two attached hydrogens (primary N) is 1. The minimum Gasteiger partial charge on any atom is -0.385 e. The summed E-state index contributed by atoms with van der Waals surface area (Å²) < 4.78 is 22.2. The van der Waals surface area contributed by atoms with E-state index < -0.39 is 0 Å². The minimum atomic E-state index is -0.287. The van der Waals surface area contributed by atoms with E-state index in [-0.39, 0.29) is 36.0 Å². The summed E-state index contributed by atoms with van der Waals surface area (Å²) in [4.78, 5) is 27.0. The van der Waals surface area contributed by atoms with Gasteiger partial charge in [-0.3, -0.25) is 9.59 Å². The number of ether oxygens (including phenoxy) is 1. The number of aryl methyl sites for hydroxylation is 1.